The second-order valence-electron chi connectivity index (χ2n) is 6.11. The Hall–Kier alpha value is -2.11. The van der Waals surface area contributed by atoms with Crippen molar-refractivity contribution in [3.63, 3.8) is 0 Å². The Morgan fingerprint density at radius 2 is 2.18 bits per heavy atom. The van der Waals surface area contributed by atoms with E-state index in [9.17, 15) is 14.0 Å². The van der Waals surface area contributed by atoms with Gasteiger partial charge in [-0.3, -0.25) is 4.79 Å². The molecule has 22 heavy (non-hydrogen) atoms. The number of aryl methyl sites for hydroxylation is 1. The highest BCUT2D eigenvalue weighted by Gasteiger charge is 2.42. The van der Waals surface area contributed by atoms with Gasteiger partial charge >= 0.3 is 12.0 Å². The number of aliphatic carboxylic acids is 1. The van der Waals surface area contributed by atoms with E-state index in [0.717, 1.165) is 5.56 Å². The molecule has 2 N–H and O–H groups in total. The zero-order valence-electron chi connectivity index (χ0n) is 12.9. The summed E-state index contributed by atoms with van der Waals surface area (Å²) in [6.07, 6.45) is 0.853. The maximum atomic E-state index is 13.6. The Kier molecular flexibility index (Phi) is 4.68. The summed E-state index contributed by atoms with van der Waals surface area (Å²) in [6.45, 7) is 4.48. The quantitative estimate of drug-likeness (QED) is 0.896. The van der Waals surface area contributed by atoms with Crippen molar-refractivity contribution in [1.29, 1.82) is 0 Å². The summed E-state index contributed by atoms with van der Waals surface area (Å²) in [7, 11) is 0. The average molecular weight is 308 g/mol. The standard InChI is InChI=1S/C16H21FN2O3/c1-11-3-4-13(17)12(9-11)5-7-18-15(22)19-8-6-16(2,10-19)14(20)21/h3-4,9H,5-8,10H2,1-2H3,(H,18,22)(H,20,21). The summed E-state index contributed by atoms with van der Waals surface area (Å²) >= 11 is 0. The molecule has 0 spiro atoms. The van der Waals surface area contributed by atoms with Crippen LogP contribution in [0.4, 0.5) is 9.18 Å². The van der Waals surface area contributed by atoms with Crippen molar-refractivity contribution in [2.45, 2.75) is 26.7 Å². The molecule has 0 aromatic heterocycles. The molecule has 2 rings (SSSR count). The molecule has 1 saturated heterocycles. The van der Waals surface area contributed by atoms with Crippen molar-refractivity contribution < 1.29 is 19.1 Å². The summed E-state index contributed by atoms with van der Waals surface area (Å²) in [6, 6.07) is 4.59. The molecule has 0 radical (unpaired) electrons. The van der Waals surface area contributed by atoms with Gasteiger partial charge in [-0.1, -0.05) is 17.7 Å². The first-order valence-corrected chi connectivity index (χ1v) is 7.33. The largest absolute Gasteiger partial charge is 0.481 e. The number of carbonyl (C=O) groups is 2. The van der Waals surface area contributed by atoms with E-state index < -0.39 is 11.4 Å². The van der Waals surface area contributed by atoms with E-state index in [1.807, 2.05) is 6.92 Å². The maximum Gasteiger partial charge on any atom is 0.317 e. The zero-order chi connectivity index (χ0) is 16.3. The van der Waals surface area contributed by atoms with Crippen LogP contribution < -0.4 is 5.32 Å². The smallest absolute Gasteiger partial charge is 0.317 e. The number of benzene rings is 1. The van der Waals surface area contributed by atoms with Gasteiger partial charge in [-0.15, -0.1) is 0 Å². The average Bonchev–Trinajstić information content (AvgIpc) is 2.87. The van der Waals surface area contributed by atoms with Crippen LogP contribution in [0.15, 0.2) is 18.2 Å². The topological polar surface area (TPSA) is 69.6 Å². The van der Waals surface area contributed by atoms with Gasteiger partial charge in [-0.05, 0) is 38.3 Å². The van der Waals surface area contributed by atoms with Gasteiger partial charge < -0.3 is 15.3 Å². The third-order valence-electron chi connectivity index (χ3n) is 4.15. The van der Waals surface area contributed by atoms with E-state index >= 15 is 0 Å². The number of likely N-dealkylation sites (tertiary alicyclic amines) is 1. The predicted molar refractivity (Wildman–Crippen MR) is 80.2 cm³/mol. The van der Waals surface area contributed by atoms with Crippen LogP contribution in [0.2, 0.25) is 0 Å². The van der Waals surface area contributed by atoms with Crippen LogP contribution in [-0.4, -0.2) is 41.6 Å². The normalized spacial score (nSPS) is 21.0. The summed E-state index contributed by atoms with van der Waals surface area (Å²) in [5.41, 5.74) is 0.664. The van der Waals surface area contributed by atoms with Crippen molar-refractivity contribution >= 4 is 12.0 Å². The van der Waals surface area contributed by atoms with E-state index in [1.165, 1.54) is 11.0 Å². The summed E-state index contributed by atoms with van der Waals surface area (Å²) < 4.78 is 13.6. The van der Waals surface area contributed by atoms with E-state index in [0.29, 0.717) is 31.5 Å². The van der Waals surface area contributed by atoms with Crippen molar-refractivity contribution in [2.75, 3.05) is 19.6 Å². The number of amides is 2. The highest BCUT2D eigenvalue weighted by atomic mass is 19.1. The molecule has 1 fully saturated rings. The highest BCUT2D eigenvalue weighted by Crippen LogP contribution is 2.29. The van der Waals surface area contributed by atoms with E-state index in [1.54, 1.807) is 19.1 Å². The molecule has 1 aliphatic rings. The van der Waals surface area contributed by atoms with Crippen molar-refractivity contribution in [3.05, 3.63) is 35.1 Å². The molecule has 1 atom stereocenters. The number of nitrogens with zero attached hydrogens (tertiary/aromatic N) is 1. The first-order chi connectivity index (χ1) is 10.3. The lowest BCUT2D eigenvalue weighted by atomic mass is 9.90. The zero-order valence-corrected chi connectivity index (χ0v) is 12.9. The van der Waals surface area contributed by atoms with Crippen LogP contribution in [0, 0.1) is 18.2 Å². The fraction of sp³-hybridized carbons (Fsp3) is 0.500. The SMILES string of the molecule is Cc1ccc(F)c(CCNC(=O)N2CCC(C)(C(=O)O)C2)c1. The molecule has 5 nitrogen and oxygen atoms in total. The lowest BCUT2D eigenvalue weighted by Gasteiger charge is -2.20. The van der Waals surface area contributed by atoms with Gasteiger partial charge in [0, 0.05) is 19.6 Å². The first kappa shape index (κ1) is 16.3. The summed E-state index contributed by atoms with van der Waals surface area (Å²) in [4.78, 5) is 24.7. The molecule has 0 aliphatic carbocycles. The third kappa shape index (κ3) is 3.55. The molecule has 120 valence electrons. The van der Waals surface area contributed by atoms with E-state index in [4.69, 9.17) is 5.11 Å². The molecule has 0 saturated carbocycles. The van der Waals surface area contributed by atoms with Crippen LogP contribution in [0.25, 0.3) is 0 Å². The minimum Gasteiger partial charge on any atom is -0.481 e. The van der Waals surface area contributed by atoms with Gasteiger partial charge in [0.1, 0.15) is 5.82 Å². The van der Waals surface area contributed by atoms with Crippen LogP contribution in [0.3, 0.4) is 0 Å². The first-order valence-electron chi connectivity index (χ1n) is 7.33. The number of hydrogen-bond acceptors (Lipinski definition) is 2. The fourth-order valence-electron chi connectivity index (χ4n) is 2.62. The monoisotopic (exact) mass is 308 g/mol. The van der Waals surface area contributed by atoms with E-state index in [2.05, 4.69) is 5.32 Å². The minimum atomic E-state index is -0.885. The van der Waals surface area contributed by atoms with Gasteiger partial charge in [0.15, 0.2) is 0 Å². The second-order valence-corrected chi connectivity index (χ2v) is 6.11. The second kappa shape index (κ2) is 6.34. The number of nitrogens with one attached hydrogen (secondary N) is 1. The number of carbonyl (C=O) groups excluding carboxylic acids is 1. The van der Waals surface area contributed by atoms with Gasteiger partial charge in [-0.2, -0.15) is 0 Å². The highest BCUT2D eigenvalue weighted by molar-refractivity contribution is 5.79. The summed E-state index contributed by atoms with van der Waals surface area (Å²) in [5, 5.41) is 11.9. The number of carboxylic acids is 1. The van der Waals surface area contributed by atoms with Crippen molar-refractivity contribution in [2.24, 2.45) is 5.41 Å². The number of carboxylic acid groups (broad SMARTS) is 1. The predicted octanol–water partition coefficient (Wildman–Crippen LogP) is 2.18. The lowest BCUT2D eigenvalue weighted by Crippen LogP contribution is -2.41. The molecular formula is C16H21FN2O3. The van der Waals surface area contributed by atoms with Crippen LogP contribution in [-0.2, 0) is 11.2 Å². The van der Waals surface area contributed by atoms with Crippen molar-refractivity contribution in [3.8, 4) is 0 Å². The Labute approximate surface area is 129 Å². The maximum absolute atomic E-state index is 13.6. The van der Waals surface area contributed by atoms with Crippen LogP contribution >= 0.6 is 0 Å². The van der Waals surface area contributed by atoms with Crippen LogP contribution in [0.5, 0.6) is 0 Å². The number of hydrogen-bond donors (Lipinski definition) is 2. The van der Waals surface area contributed by atoms with Crippen LogP contribution in [0.1, 0.15) is 24.5 Å². The van der Waals surface area contributed by atoms with Crippen molar-refractivity contribution in [1.82, 2.24) is 10.2 Å². The Bertz CT molecular complexity index is 591. The molecule has 1 aromatic carbocycles. The van der Waals surface area contributed by atoms with Gasteiger partial charge in [0.25, 0.3) is 0 Å². The summed E-state index contributed by atoms with van der Waals surface area (Å²) in [5.74, 6) is -1.16. The minimum absolute atomic E-state index is 0.201. The Balaban J connectivity index is 1.84. The Morgan fingerprint density at radius 3 is 2.82 bits per heavy atom. The lowest BCUT2D eigenvalue weighted by molar-refractivity contribution is -0.146. The molecule has 1 aliphatic heterocycles. The Morgan fingerprint density at radius 1 is 1.45 bits per heavy atom. The van der Waals surface area contributed by atoms with Gasteiger partial charge in [0.05, 0.1) is 5.41 Å². The van der Waals surface area contributed by atoms with Gasteiger partial charge in [-0.25, -0.2) is 9.18 Å². The molecule has 0 bridgehead atoms. The molecular weight excluding hydrogens is 287 g/mol. The molecule has 2 amide bonds. The van der Waals surface area contributed by atoms with Gasteiger partial charge in [0.2, 0.25) is 0 Å². The van der Waals surface area contributed by atoms with E-state index in [-0.39, 0.29) is 18.4 Å². The number of urea groups is 1. The molecule has 6 heteroatoms. The molecule has 1 heterocycles. The third-order valence-corrected chi connectivity index (χ3v) is 4.15. The number of rotatable bonds is 4. The molecule has 1 aromatic rings. The molecule has 1 unspecified atom stereocenters. The fourth-order valence-corrected chi connectivity index (χ4v) is 2.62. The number of halogens is 1.